The highest BCUT2D eigenvalue weighted by molar-refractivity contribution is 5.83. The Hall–Kier alpha value is -2.73. The zero-order chi connectivity index (χ0) is 19.1. The number of phenols is 1. The van der Waals surface area contributed by atoms with Crippen molar-refractivity contribution < 1.29 is 19.4 Å². The lowest BCUT2D eigenvalue weighted by atomic mass is 10.1. The molecule has 0 aromatic heterocycles. The Morgan fingerprint density at radius 3 is 2.54 bits per heavy atom. The molecule has 28 heavy (non-hydrogen) atoms. The Morgan fingerprint density at radius 1 is 1.00 bits per heavy atom. The molecule has 3 aliphatic rings. The number of benzene rings is 2. The smallest absolute Gasteiger partial charge is 0.231 e. The lowest BCUT2D eigenvalue weighted by Crippen LogP contribution is -2.48. The third-order valence-corrected chi connectivity index (χ3v) is 5.96. The van der Waals surface area contributed by atoms with Gasteiger partial charge in [0.1, 0.15) is 5.75 Å². The lowest BCUT2D eigenvalue weighted by Gasteiger charge is -2.35. The average molecular weight is 380 g/mol. The topological polar surface area (TPSA) is 62.2 Å². The van der Waals surface area contributed by atoms with Gasteiger partial charge in [0, 0.05) is 38.6 Å². The lowest BCUT2D eigenvalue weighted by molar-refractivity contribution is -0.134. The minimum Gasteiger partial charge on any atom is -0.508 e. The van der Waals surface area contributed by atoms with Crippen LogP contribution in [0.5, 0.6) is 17.2 Å². The van der Waals surface area contributed by atoms with Crippen molar-refractivity contribution in [3.8, 4) is 17.2 Å². The third-order valence-electron chi connectivity index (χ3n) is 5.96. The number of aromatic hydroxyl groups is 1. The van der Waals surface area contributed by atoms with E-state index in [9.17, 15) is 9.90 Å². The fraction of sp³-hybridized carbons (Fsp3) is 0.409. The number of fused-ring (bicyclic) bond motifs is 1. The fourth-order valence-electron chi connectivity index (χ4n) is 4.22. The maximum absolute atomic E-state index is 12.8. The van der Waals surface area contributed by atoms with Crippen LogP contribution in [-0.2, 0) is 11.3 Å². The molecule has 0 bridgehead atoms. The highest BCUT2D eigenvalue weighted by atomic mass is 16.7. The van der Waals surface area contributed by atoms with E-state index in [2.05, 4.69) is 11.0 Å². The molecule has 2 aromatic carbocycles. The van der Waals surface area contributed by atoms with E-state index in [1.54, 1.807) is 12.1 Å². The number of amides is 1. The average Bonchev–Trinajstić information content (AvgIpc) is 3.38. The van der Waals surface area contributed by atoms with Crippen molar-refractivity contribution in [3.05, 3.63) is 53.6 Å². The van der Waals surface area contributed by atoms with Crippen molar-refractivity contribution in [2.75, 3.05) is 33.0 Å². The molecular weight excluding hydrogens is 356 g/mol. The minimum atomic E-state index is 0.102. The second-order valence-electron chi connectivity index (χ2n) is 7.83. The molecule has 6 heteroatoms. The van der Waals surface area contributed by atoms with E-state index in [-0.39, 0.29) is 17.6 Å². The van der Waals surface area contributed by atoms with Crippen LogP contribution in [0.1, 0.15) is 23.5 Å². The normalized spacial score (nSPS) is 23.6. The number of hydrogen-bond acceptors (Lipinski definition) is 5. The van der Waals surface area contributed by atoms with Gasteiger partial charge in [-0.25, -0.2) is 0 Å². The standard InChI is InChI=1S/C22H24N2O4/c25-17-4-2-16(3-5-17)18-12-19(18)22(26)24-9-7-23(8-10-24)13-15-1-6-20-21(11-15)28-14-27-20/h1-6,11,18-19,25H,7-10,12-14H2. The van der Waals surface area contributed by atoms with Crippen molar-refractivity contribution in [1.29, 1.82) is 0 Å². The molecule has 2 fully saturated rings. The predicted molar refractivity (Wildman–Crippen MR) is 103 cm³/mol. The molecule has 2 unspecified atom stereocenters. The van der Waals surface area contributed by atoms with E-state index in [0.717, 1.165) is 56.2 Å². The van der Waals surface area contributed by atoms with Gasteiger partial charge in [0.05, 0.1) is 0 Å². The quantitative estimate of drug-likeness (QED) is 0.883. The second-order valence-corrected chi connectivity index (χ2v) is 7.83. The first-order valence-corrected chi connectivity index (χ1v) is 9.86. The number of phenolic OH excluding ortho intramolecular Hbond substituents is 1. The summed E-state index contributed by atoms with van der Waals surface area (Å²) in [6.07, 6.45) is 0.918. The van der Waals surface area contributed by atoms with Gasteiger partial charge < -0.3 is 19.5 Å². The Labute approximate surface area is 164 Å². The molecule has 146 valence electrons. The van der Waals surface area contributed by atoms with Gasteiger partial charge in [-0.15, -0.1) is 0 Å². The molecule has 1 saturated heterocycles. The van der Waals surface area contributed by atoms with Crippen LogP contribution in [-0.4, -0.2) is 53.8 Å². The Balaban J connectivity index is 1.13. The van der Waals surface area contributed by atoms with Gasteiger partial charge in [0.15, 0.2) is 11.5 Å². The van der Waals surface area contributed by atoms with Crippen LogP contribution in [0.3, 0.4) is 0 Å². The van der Waals surface area contributed by atoms with Crippen molar-refractivity contribution in [2.24, 2.45) is 5.92 Å². The highest BCUT2D eigenvalue weighted by Crippen LogP contribution is 2.48. The Morgan fingerprint density at radius 2 is 1.75 bits per heavy atom. The van der Waals surface area contributed by atoms with E-state index in [1.807, 2.05) is 29.2 Å². The molecule has 1 aliphatic carbocycles. The van der Waals surface area contributed by atoms with E-state index >= 15 is 0 Å². The molecule has 2 aliphatic heterocycles. The molecule has 5 rings (SSSR count). The zero-order valence-electron chi connectivity index (χ0n) is 15.7. The first-order valence-electron chi connectivity index (χ1n) is 9.86. The molecule has 2 aromatic rings. The first kappa shape index (κ1) is 17.4. The second kappa shape index (κ2) is 7.02. The summed E-state index contributed by atoms with van der Waals surface area (Å²) in [6, 6.07) is 13.3. The number of hydrogen-bond donors (Lipinski definition) is 1. The Kier molecular flexibility index (Phi) is 4.36. The summed E-state index contributed by atoms with van der Waals surface area (Å²) in [5.74, 6) is 2.59. The summed E-state index contributed by atoms with van der Waals surface area (Å²) < 4.78 is 10.8. The number of rotatable bonds is 4. The number of ether oxygens (including phenoxy) is 2. The van der Waals surface area contributed by atoms with Crippen LogP contribution in [0, 0.1) is 5.92 Å². The highest BCUT2D eigenvalue weighted by Gasteiger charge is 2.46. The molecular formula is C22H24N2O4. The van der Waals surface area contributed by atoms with Crippen LogP contribution < -0.4 is 9.47 Å². The van der Waals surface area contributed by atoms with Crippen molar-refractivity contribution in [3.63, 3.8) is 0 Å². The molecule has 1 saturated carbocycles. The summed E-state index contributed by atoms with van der Waals surface area (Å²) in [6.45, 7) is 4.49. The maximum Gasteiger partial charge on any atom is 0.231 e. The van der Waals surface area contributed by atoms with E-state index in [1.165, 1.54) is 5.56 Å². The van der Waals surface area contributed by atoms with Crippen molar-refractivity contribution >= 4 is 5.91 Å². The van der Waals surface area contributed by atoms with E-state index in [4.69, 9.17) is 9.47 Å². The van der Waals surface area contributed by atoms with E-state index < -0.39 is 0 Å². The van der Waals surface area contributed by atoms with Crippen LogP contribution in [0.25, 0.3) is 0 Å². The molecule has 1 amide bonds. The molecule has 6 nitrogen and oxygen atoms in total. The summed E-state index contributed by atoms with van der Waals surface area (Å²) in [5, 5.41) is 9.42. The number of nitrogens with zero attached hydrogens (tertiary/aromatic N) is 2. The number of carbonyl (C=O) groups excluding carboxylic acids is 1. The van der Waals surface area contributed by atoms with Crippen LogP contribution in [0.15, 0.2) is 42.5 Å². The maximum atomic E-state index is 12.8. The monoisotopic (exact) mass is 380 g/mol. The molecule has 0 spiro atoms. The minimum absolute atomic E-state index is 0.102. The molecule has 2 atom stereocenters. The van der Waals surface area contributed by atoms with Crippen LogP contribution >= 0.6 is 0 Å². The summed E-state index contributed by atoms with van der Waals surface area (Å²) >= 11 is 0. The zero-order valence-corrected chi connectivity index (χ0v) is 15.7. The van der Waals surface area contributed by atoms with Crippen LogP contribution in [0.4, 0.5) is 0 Å². The third kappa shape index (κ3) is 3.40. The SMILES string of the molecule is O=C(C1CC1c1ccc(O)cc1)N1CCN(Cc2ccc3c(c2)OCO3)CC1. The van der Waals surface area contributed by atoms with Crippen molar-refractivity contribution in [2.45, 2.75) is 18.9 Å². The van der Waals surface area contributed by atoms with Gasteiger partial charge >= 0.3 is 0 Å². The number of carbonyl (C=O) groups is 1. The van der Waals surface area contributed by atoms with Gasteiger partial charge in [-0.2, -0.15) is 0 Å². The van der Waals surface area contributed by atoms with Gasteiger partial charge in [-0.3, -0.25) is 9.69 Å². The van der Waals surface area contributed by atoms with Gasteiger partial charge in [0.25, 0.3) is 0 Å². The molecule has 1 N–H and O–H groups in total. The molecule has 0 radical (unpaired) electrons. The van der Waals surface area contributed by atoms with Gasteiger partial charge in [-0.1, -0.05) is 18.2 Å². The fourth-order valence-corrected chi connectivity index (χ4v) is 4.22. The number of piperazine rings is 1. The van der Waals surface area contributed by atoms with Crippen molar-refractivity contribution in [1.82, 2.24) is 9.80 Å². The van der Waals surface area contributed by atoms with Gasteiger partial charge in [0.2, 0.25) is 12.7 Å². The molecule has 2 heterocycles. The predicted octanol–water partition coefficient (Wildman–Crippen LogP) is 2.57. The Bertz CT molecular complexity index is 875. The van der Waals surface area contributed by atoms with E-state index in [0.29, 0.717) is 12.7 Å². The largest absolute Gasteiger partial charge is 0.508 e. The summed E-state index contributed by atoms with van der Waals surface area (Å²) in [4.78, 5) is 17.2. The summed E-state index contributed by atoms with van der Waals surface area (Å²) in [7, 11) is 0. The van der Waals surface area contributed by atoms with Crippen LogP contribution in [0.2, 0.25) is 0 Å². The first-order chi connectivity index (χ1) is 13.7. The summed E-state index contributed by atoms with van der Waals surface area (Å²) in [5.41, 5.74) is 2.36. The van der Waals surface area contributed by atoms with Gasteiger partial charge in [-0.05, 0) is 47.7 Å².